The first-order valence-corrected chi connectivity index (χ1v) is 6.95. The van der Waals surface area contributed by atoms with Crippen LogP contribution in [-0.4, -0.2) is 30.9 Å². The molecule has 0 bridgehead atoms. The fourth-order valence-corrected chi connectivity index (χ4v) is 1.89. The molecule has 9 heteroatoms. The van der Waals surface area contributed by atoms with Crippen LogP contribution in [0.5, 0.6) is 0 Å². The number of primary amides is 1. The maximum atomic E-state index is 12.5. The molecule has 0 unspecified atom stereocenters. The third kappa shape index (κ3) is 6.27. The number of nitrogens with two attached hydrogens (primary N) is 1. The maximum absolute atomic E-state index is 12.5. The summed E-state index contributed by atoms with van der Waals surface area (Å²) < 4.78 is 41.8. The van der Waals surface area contributed by atoms with Crippen molar-refractivity contribution in [1.82, 2.24) is 5.32 Å². The van der Waals surface area contributed by atoms with E-state index in [4.69, 9.17) is 5.73 Å². The molecule has 132 valence electrons. The summed E-state index contributed by atoms with van der Waals surface area (Å²) in [5, 5.41) is 2.35. The van der Waals surface area contributed by atoms with Gasteiger partial charge in [-0.1, -0.05) is 12.1 Å². The fourth-order valence-electron chi connectivity index (χ4n) is 1.89. The van der Waals surface area contributed by atoms with E-state index in [9.17, 15) is 27.6 Å². The van der Waals surface area contributed by atoms with Crippen LogP contribution in [0.25, 0.3) is 0 Å². The van der Waals surface area contributed by atoms with Crippen molar-refractivity contribution < 1.29 is 32.3 Å². The highest BCUT2D eigenvalue weighted by atomic mass is 19.4. The van der Waals surface area contributed by atoms with Gasteiger partial charge in [-0.3, -0.25) is 14.4 Å². The lowest BCUT2D eigenvalue weighted by Crippen LogP contribution is -2.45. The molecule has 24 heavy (non-hydrogen) atoms. The number of alkyl halides is 3. The van der Waals surface area contributed by atoms with Crippen molar-refractivity contribution in [3.8, 4) is 0 Å². The molecular weight excluding hydrogens is 329 g/mol. The van der Waals surface area contributed by atoms with E-state index >= 15 is 0 Å². The van der Waals surface area contributed by atoms with E-state index in [-0.39, 0.29) is 19.3 Å². The summed E-state index contributed by atoms with van der Waals surface area (Å²) in [4.78, 5) is 34.2. The van der Waals surface area contributed by atoms with Crippen LogP contribution in [0.3, 0.4) is 0 Å². The van der Waals surface area contributed by atoms with Gasteiger partial charge in [0.2, 0.25) is 11.8 Å². The highest BCUT2D eigenvalue weighted by molar-refractivity contribution is 5.87. The van der Waals surface area contributed by atoms with Crippen LogP contribution in [-0.2, 0) is 31.7 Å². The minimum absolute atomic E-state index is 0.0270. The Morgan fingerprint density at radius 2 is 1.79 bits per heavy atom. The van der Waals surface area contributed by atoms with Crippen molar-refractivity contribution in [2.24, 2.45) is 5.73 Å². The number of nitrogens with one attached hydrogen (secondary N) is 1. The molecule has 0 saturated carbocycles. The second kappa shape index (κ2) is 8.32. The molecule has 0 spiro atoms. The Bertz CT molecular complexity index is 600. The monoisotopic (exact) mass is 346 g/mol. The molecule has 0 radical (unpaired) electrons. The normalized spacial score (nSPS) is 12.3. The van der Waals surface area contributed by atoms with Crippen LogP contribution >= 0.6 is 0 Å². The summed E-state index contributed by atoms with van der Waals surface area (Å²) in [5.74, 6) is -1.97. The van der Waals surface area contributed by atoms with Gasteiger partial charge in [0.1, 0.15) is 6.04 Å². The minimum Gasteiger partial charge on any atom is -0.469 e. The lowest BCUT2D eigenvalue weighted by atomic mass is 10.1. The van der Waals surface area contributed by atoms with E-state index in [1.165, 1.54) is 19.2 Å². The van der Waals surface area contributed by atoms with Gasteiger partial charge in [0.15, 0.2) is 0 Å². The van der Waals surface area contributed by atoms with E-state index in [1.54, 1.807) is 0 Å². The fraction of sp³-hybridized carbons (Fsp3) is 0.400. The molecule has 1 aromatic carbocycles. The average Bonchev–Trinajstić information content (AvgIpc) is 2.50. The molecule has 0 saturated heterocycles. The molecular formula is C15H17F3N2O4. The third-order valence-corrected chi connectivity index (χ3v) is 3.19. The second-order valence-electron chi connectivity index (χ2n) is 5.01. The molecule has 2 amide bonds. The van der Waals surface area contributed by atoms with Gasteiger partial charge in [0.05, 0.1) is 19.1 Å². The molecule has 1 atom stereocenters. The Morgan fingerprint density at radius 1 is 1.21 bits per heavy atom. The average molecular weight is 346 g/mol. The zero-order chi connectivity index (χ0) is 18.3. The van der Waals surface area contributed by atoms with Gasteiger partial charge in [-0.2, -0.15) is 13.2 Å². The summed E-state index contributed by atoms with van der Waals surface area (Å²) in [6.45, 7) is 0. The van der Waals surface area contributed by atoms with Gasteiger partial charge < -0.3 is 15.8 Å². The first-order valence-electron chi connectivity index (χ1n) is 6.95. The molecule has 0 aliphatic heterocycles. The van der Waals surface area contributed by atoms with Crippen LogP contribution in [0.2, 0.25) is 0 Å². The smallest absolute Gasteiger partial charge is 0.416 e. The van der Waals surface area contributed by atoms with E-state index < -0.39 is 35.6 Å². The van der Waals surface area contributed by atoms with E-state index in [2.05, 4.69) is 10.1 Å². The van der Waals surface area contributed by atoms with Gasteiger partial charge in [-0.05, 0) is 24.1 Å². The Kier molecular flexibility index (Phi) is 6.75. The lowest BCUT2D eigenvalue weighted by Gasteiger charge is -2.15. The number of ether oxygens (including phenoxy) is 1. The van der Waals surface area contributed by atoms with E-state index in [0.717, 1.165) is 12.1 Å². The highest BCUT2D eigenvalue weighted by Gasteiger charge is 2.30. The topological polar surface area (TPSA) is 98.5 Å². The van der Waals surface area contributed by atoms with Gasteiger partial charge in [0, 0.05) is 6.42 Å². The number of hydrogen-bond acceptors (Lipinski definition) is 4. The van der Waals surface area contributed by atoms with Crippen LogP contribution in [0.4, 0.5) is 13.2 Å². The quantitative estimate of drug-likeness (QED) is 0.724. The number of amides is 2. The molecule has 3 N–H and O–H groups in total. The van der Waals surface area contributed by atoms with Gasteiger partial charge >= 0.3 is 12.1 Å². The molecule has 6 nitrogen and oxygen atoms in total. The molecule has 0 fully saturated rings. The largest absolute Gasteiger partial charge is 0.469 e. The van der Waals surface area contributed by atoms with Gasteiger partial charge in [-0.15, -0.1) is 0 Å². The SMILES string of the molecule is COC(=O)CC[C@@H](NC(=O)Cc1ccc(C(F)(F)F)cc1)C(N)=O. The maximum Gasteiger partial charge on any atom is 0.416 e. The Labute approximate surface area is 136 Å². The molecule has 0 aliphatic carbocycles. The van der Waals surface area contributed by atoms with Crippen LogP contribution < -0.4 is 11.1 Å². The summed E-state index contributed by atoms with van der Waals surface area (Å²) in [7, 11) is 1.19. The highest BCUT2D eigenvalue weighted by Crippen LogP contribution is 2.29. The van der Waals surface area contributed by atoms with Crippen molar-refractivity contribution in [2.45, 2.75) is 31.5 Å². The third-order valence-electron chi connectivity index (χ3n) is 3.19. The number of rotatable bonds is 7. The number of benzene rings is 1. The van der Waals surface area contributed by atoms with Crippen molar-refractivity contribution >= 4 is 17.8 Å². The van der Waals surface area contributed by atoms with Crippen molar-refractivity contribution in [3.05, 3.63) is 35.4 Å². The summed E-state index contributed by atoms with van der Waals surface area (Å²) in [6, 6.07) is 3.02. The summed E-state index contributed by atoms with van der Waals surface area (Å²) >= 11 is 0. The molecule has 0 aliphatic rings. The lowest BCUT2D eigenvalue weighted by molar-refractivity contribution is -0.141. The first-order chi connectivity index (χ1) is 11.1. The number of carbonyl (C=O) groups excluding carboxylic acids is 3. The Hall–Kier alpha value is -2.58. The van der Waals surface area contributed by atoms with E-state index in [1.807, 2.05) is 0 Å². The Balaban J connectivity index is 2.62. The molecule has 0 aromatic heterocycles. The predicted molar refractivity (Wildman–Crippen MR) is 77.5 cm³/mol. The standard InChI is InChI=1S/C15H17F3N2O4/c1-24-13(22)7-6-11(14(19)23)20-12(21)8-9-2-4-10(5-3-9)15(16,17)18/h2-5,11H,6-8H2,1H3,(H2,19,23)(H,20,21)/t11-/m1/s1. The zero-order valence-corrected chi connectivity index (χ0v) is 12.9. The number of methoxy groups -OCH3 is 1. The minimum atomic E-state index is -4.45. The predicted octanol–water partition coefficient (Wildman–Crippen LogP) is 1.17. The van der Waals surface area contributed by atoms with Crippen LogP contribution in [0.1, 0.15) is 24.0 Å². The van der Waals surface area contributed by atoms with E-state index in [0.29, 0.717) is 5.56 Å². The van der Waals surface area contributed by atoms with Crippen molar-refractivity contribution in [2.75, 3.05) is 7.11 Å². The van der Waals surface area contributed by atoms with Crippen molar-refractivity contribution in [3.63, 3.8) is 0 Å². The zero-order valence-electron chi connectivity index (χ0n) is 12.9. The summed E-state index contributed by atoms with van der Waals surface area (Å²) in [5.41, 5.74) is 4.67. The van der Waals surface area contributed by atoms with Crippen LogP contribution in [0, 0.1) is 0 Å². The van der Waals surface area contributed by atoms with Crippen molar-refractivity contribution in [1.29, 1.82) is 0 Å². The van der Waals surface area contributed by atoms with Gasteiger partial charge in [-0.25, -0.2) is 0 Å². The first kappa shape index (κ1) is 19.5. The molecule has 1 aromatic rings. The van der Waals surface area contributed by atoms with Crippen LogP contribution in [0.15, 0.2) is 24.3 Å². The molecule has 0 heterocycles. The summed E-state index contributed by atoms with van der Waals surface area (Å²) in [6.07, 6.45) is -4.81. The number of halogens is 3. The number of carbonyl (C=O) groups is 3. The Morgan fingerprint density at radius 3 is 2.25 bits per heavy atom. The number of esters is 1. The second-order valence-corrected chi connectivity index (χ2v) is 5.01. The number of hydrogen-bond donors (Lipinski definition) is 2. The molecule has 1 rings (SSSR count). The van der Waals surface area contributed by atoms with Gasteiger partial charge in [0.25, 0.3) is 0 Å².